The molecule has 1 aliphatic heterocycles. The van der Waals surface area contributed by atoms with Crippen molar-refractivity contribution in [3.63, 3.8) is 0 Å². The number of nitrogens with zero attached hydrogens (tertiary/aromatic N) is 6. The van der Waals surface area contributed by atoms with E-state index in [-0.39, 0.29) is 0 Å². The van der Waals surface area contributed by atoms with Gasteiger partial charge in [0.15, 0.2) is 0 Å². The van der Waals surface area contributed by atoms with E-state index in [1.165, 1.54) is 0 Å². The monoisotopic (exact) mass is 396 g/mol. The zero-order valence-electron chi connectivity index (χ0n) is 17.0. The molecule has 0 unspecified atom stereocenters. The van der Waals surface area contributed by atoms with Gasteiger partial charge in [0.05, 0.1) is 29.4 Å². The zero-order valence-corrected chi connectivity index (χ0v) is 17.0. The molecule has 0 saturated carbocycles. The maximum Gasteiger partial charge on any atom is 0.135 e. The van der Waals surface area contributed by atoms with Gasteiger partial charge in [0, 0.05) is 31.5 Å². The van der Waals surface area contributed by atoms with Gasteiger partial charge in [-0.2, -0.15) is 0 Å². The number of methoxy groups -OCH3 is 1. The van der Waals surface area contributed by atoms with Crippen LogP contribution in [0.4, 0.5) is 0 Å². The van der Waals surface area contributed by atoms with Gasteiger partial charge in [-0.3, -0.25) is 9.55 Å². The van der Waals surface area contributed by atoms with E-state index in [4.69, 9.17) is 4.74 Å². The van der Waals surface area contributed by atoms with Crippen LogP contribution in [0.1, 0.15) is 39.5 Å². The van der Waals surface area contributed by atoms with Gasteiger partial charge in [-0.25, -0.2) is 9.67 Å². The second-order valence-electron chi connectivity index (χ2n) is 7.41. The van der Waals surface area contributed by atoms with Gasteiger partial charge >= 0.3 is 0 Å². The average molecular weight is 396 g/mol. The molecule has 0 spiro atoms. The molecule has 148 valence electrons. The molecular weight excluding hydrogens is 376 g/mol. The maximum atomic E-state index is 5.35. The van der Waals surface area contributed by atoms with Crippen molar-refractivity contribution in [2.45, 2.75) is 26.9 Å². The van der Waals surface area contributed by atoms with Gasteiger partial charge in [0.2, 0.25) is 0 Å². The number of hydrogen-bond donors (Lipinski definition) is 0. The van der Waals surface area contributed by atoms with Gasteiger partial charge in [-0.1, -0.05) is 17.2 Å². The Bertz CT molecular complexity index is 1320. The Hall–Kier alpha value is -3.76. The summed E-state index contributed by atoms with van der Waals surface area (Å²) in [6, 6.07) is 8.31. The molecule has 0 radical (unpaired) electrons. The maximum absolute atomic E-state index is 5.35. The van der Waals surface area contributed by atoms with Crippen molar-refractivity contribution < 1.29 is 4.74 Å². The number of imidazole rings is 1. The average Bonchev–Trinajstić information content (AvgIpc) is 3.28. The van der Waals surface area contributed by atoms with E-state index in [0.717, 1.165) is 50.8 Å². The summed E-state index contributed by atoms with van der Waals surface area (Å²) in [5, 5.41) is 8.78. The fourth-order valence-electron chi connectivity index (χ4n) is 3.73. The minimum absolute atomic E-state index is 0.403. The normalized spacial score (nSPS) is 11.7. The first kappa shape index (κ1) is 18.3. The van der Waals surface area contributed by atoms with Crippen molar-refractivity contribution in [1.82, 2.24) is 29.5 Å². The molecule has 7 heteroatoms. The van der Waals surface area contributed by atoms with Crippen molar-refractivity contribution in [1.29, 1.82) is 0 Å². The molecule has 5 rings (SSSR count). The summed E-state index contributed by atoms with van der Waals surface area (Å²) in [7, 11) is 1.66. The van der Waals surface area contributed by atoms with Crippen LogP contribution < -0.4 is 0 Å². The number of ether oxygens (including phenoxy) is 1. The first-order chi connectivity index (χ1) is 14.6. The molecule has 30 heavy (non-hydrogen) atoms. The Labute approximate surface area is 174 Å². The number of fused-ring (bicyclic) bond motifs is 5. The first-order valence-corrected chi connectivity index (χ1v) is 9.67. The molecule has 4 heterocycles. The SMILES string of the molecule is COCc1nnn2c1Cc1c(C#Cc3cncc(C)c3)ncn1-c1ccc(C)cc1-2. The second kappa shape index (κ2) is 7.25. The molecule has 1 aromatic carbocycles. The summed E-state index contributed by atoms with van der Waals surface area (Å²) in [4.78, 5) is 8.84. The topological polar surface area (TPSA) is 70.7 Å². The van der Waals surface area contributed by atoms with Crippen molar-refractivity contribution in [3.8, 4) is 23.2 Å². The first-order valence-electron chi connectivity index (χ1n) is 9.67. The van der Waals surface area contributed by atoms with E-state index >= 15 is 0 Å². The standard InChI is InChI=1S/C23H20N6O/c1-15-4-7-20-23(9-15)29-22(19(13-30-3)26-27-29)10-21-18(25-14-28(20)21)6-5-17-8-16(2)11-24-12-17/h4,7-9,11-12,14H,10,13H2,1-3H3. The van der Waals surface area contributed by atoms with E-state index in [1.54, 1.807) is 13.3 Å². The van der Waals surface area contributed by atoms with E-state index in [1.807, 2.05) is 30.2 Å². The third-order valence-electron chi connectivity index (χ3n) is 5.14. The van der Waals surface area contributed by atoms with Crippen LogP contribution in [-0.2, 0) is 17.8 Å². The number of hydrogen-bond acceptors (Lipinski definition) is 5. The summed E-state index contributed by atoms with van der Waals surface area (Å²) < 4.78 is 9.35. The number of rotatable bonds is 2. The lowest BCUT2D eigenvalue weighted by atomic mass is 10.1. The fourth-order valence-corrected chi connectivity index (χ4v) is 3.73. The summed E-state index contributed by atoms with van der Waals surface area (Å²) in [5.41, 5.74) is 8.62. The van der Waals surface area contributed by atoms with Crippen molar-refractivity contribution in [2.24, 2.45) is 0 Å². The smallest absolute Gasteiger partial charge is 0.135 e. The largest absolute Gasteiger partial charge is 0.378 e. The highest BCUT2D eigenvalue weighted by molar-refractivity contribution is 5.58. The van der Waals surface area contributed by atoms with E-state index in [9.17, 15) is 0 Å². The number of benzene rings is 1. The van der Waals surface area contributed by atoms with Crippen LogP contribution in [0, 0.1) is 25.7 Å². The molecule has 0 fully saturated rings. The molecule has 3 aromatic heterocycles. The van der Waals surface area contributed by atoms with Crippen molar-refractivity contribution in [2.75, 3.05) is 7.11 Å². The zero-order chi connectivity index (χ0) is 20.7. The van der Waals surface area contributed by atoms with Crippen molar-refractivity contribution in [3.05, 3.63) is 82.5 Å². The van der Waals surface area contributed by atoms with Crippen LogP contribution in [0.25, 0.3) is 11.4 Å². The molecule has 0 aliphatic carbocycles. The Balaban J connectivity index is 1.68. The van der Waals surface area contributed by atoms with E-state index in [2.05, 4.69) is 61.8 Å². The summed E-state index contributed by atoms with van der Waals surface area (Å²) in [5.74, 6) is 6.44. The van der Waals surface area contributed by atoms with Crippen LogP contribution in [-0.4, -0.2) is 36.6 Å². The lowest BCUT2D eigenvalue weighted by Crippen LogP contribution is -2.04. The highest BCUT2D eigenvalue weighted by atomic mass is 16.5. The summed E-state index contributed by atoms with van der Waals surface area (Å²) >= 11 is 0. The van der Waals surface area contributed by atoms with Gasteiger partial charge < -0.3 is 4.74 Å². The van der Waals surface area contributed by atoms with Gasteiger partial charge in [0.25, 0.3) is 0 Å². The number of aromatic nitrogens is 6. The lowest BCUT2D eigenvalue weighted by molar-refractivity contribution is 0.180. The van der Waals surface area contributed by atoms with Crippen LogP contribution in [0.3, 0.4) is 0 Å². The van der Waals surface area contributed by atoms with Gasteiger partial charge in [0.1, 0.15) is 17.7 Å². The van der Waals surface area contributed by atoms with E-state index < -0.39 is 0 Å². The Morgan fingerprint density at radius 3 is 2.77 bits per heavy atom. The third kappa shape index (κ3) is 3.08. The van der Waals surface area contributed by atoms with Crippen LogP contribution >= 0.6 is 0 Å². The van der Waals surface area contributed by atoms with E-state index in [0.29, 0.717) is 13.0 Å². The highest BCUT2D eigenvalue weighted by Crippen LogP contribution is 2.30. The number of pyridine rings is 1. The Morgan fingerprint density at radius 1 is 1.03 bits per heavy atom. The third-order valence-corrected chi connectivity index (χ3v) is 5.14. The fraction of sp³-hybridized carbons (Fsp3) is 0.217. The van der Waals surface area contributed by atoms with Crippen LogP contribution in [0.5, 0.6) is 0 Å². The predicted octanol–water partition coefficient (Wildman–Crippen LogP) is 2.92. The molecular formula is C23H20N6O. The molecule has 0 amide bonds. The van der Waals surface area contributed by atoms with Crippen LogP contribution in [0.15, 0.2) is 43.0 Å². The summed E-state index contributed by atoms with van der Waals surface area (Å²) in [6.45, 7) is 4.48. The summed E-state index contributed by atoms with van der Waals surface area (Å²) in [6.07, 6.45) is 6.02. The molecule has 4 aromatic rings. The Kier molecular flexibility index (Phi) is 4.42. The second-order valence-corrected chi connectivity index (χ2v) is 7.41. The molecule has 0 atom stereocenters. The minimum Gasteiger partial charge on any atom is -0.378 e. The minimum atomic E-state index is 0.403. The number of aryl methyl sites for hydroxylation is 2. The molecule has 7 nitrogen and oxygen atoms in total. The molecule has 0 bridgehead atoms. The van der Waals surface area contributed by atoms with Crippen LogP contribution in [0.2, 0.25) is 0 Å². The Morgan fingerprint density at radius 2 is 1.93 bits per heavy atom. The molecule has 0 saturated heterocycles. The predicted molar refractivity (Wildman–Crippen MR) is 112 cm³/mol. The molecule has 1 aliphatic rings. The van der Waals surface area contributed by atoms with Crippen molar-refractivity contribution >= 4 is 0 Å². The highest BCUT2D eigenvalue weighted by Gasteiger charge is 2.25. The quantitative estimate of drug-likeness (QED) is 0.429. The van der Waals surface area contributed by atoms with Gasteiger partial charge in [-0.15, -0.1) is 5.10 Å². The van der Waals surface area contributed by atoms with Gasteiger partial charge in [-0.05, 0) is 49.1 Å². The lowest BCUT2D eigenvalue weighted by Gasteiger charge is -2.10. The molecule has 0 N–H and O–H groups in total.